The molecular formula is C10H11ClN2O2. The molecule has 0 radical (unpaired) electrons. The number of hydrogen-bond donors (Lipinski definition) is 3. The Kier molecular flexibility index (Phi) is 2.68. The van der Waals surface area contributed by atoms with Gasteiger partial charge in [-0.05, 0) is 25.0 Å². The summed E-state index contributed by atoms with van der Waals surface area (Å²) in [7, 11) is 0. The van der Waals surface area contributed by atoms with E-state index in [1.807, 2.05) is 0 Å². The molecular weight excluding hydrogens is 216 g/mol. The number of phenols is 1. The van der Waals surface area contributed by atoms with E-state index in [1.165, 1.54) is 12.1 Å². The number of rotatable bonds is 2. The first kappa shape index (κ1) is 10.1. The lowest BCUT2D eigenvalue weighted by molar-refractivity contribution is 0.251. The van der Waals surface area contributed by atoms with Gasteiger partial charge in [-0.3, -0.25) is 0 Å². The second-order valence-corrected chi connectivity index (χ2v) is 3.94. The van der Waals surface area contributed by atoms with E-state index in [0.717, 1.165) is 12.8 Å². The molecule has 0 bridgehead atoms. The monoisotopic (exact) mass is 226 g/mol. The van der Waals surface area contributed by atoms with Crippen LogP contribution in [-0.2, 0) is 0 Å². The van der Waals surface area contributed by atoms with Crippen molar-refractivity contribution in [2.45, 2.75) is 18.9 Å². The van der Waals surface area contributed by atoms with Crippen LogP contribution in [0.4, 0.5) is 10.5 Å². The maximum absolute atomic E-state index is 11.4. The Morgan fingerprint density at radius 3 is 2.80 bits per heavy atom. The Balaban J connectivity index is 1.99. The average molecular weight is 227 g/mol. The van der Waals surface area contributed by atoms with Gasteiger partial charge >= 0.3 is 6.03 Å². The normalized spacial score (nSPS) is 14.7. The van der Waals surface area contributed by atoms with E-state index in [1.54, 1.807) is 6.07 Å². The molecule has 3 N–H and O–H groups in total. The first-order valence-electron chi connectivity index (χ1n) is 4.71. The van der Waals surface area contributed by atoms with Crippen molar-refractivity contribution in [3.63, 3.8) is 0 Å². The first-order chi connectivity index (χ1) is 7.15. The smallest absolute Gasteiger partial charge is 0.319 e. The fraction of sp³-hybridized carbons (Fsp3) is 0.300. The van der Waals surface area contributed by atoms with Crippen molar-refractivity contribution in [3.05, 3.63) is 23.2 Å². The lowest BCUT2D eigenvalue weighted by Crippen LogP contribution is -2.30. The molecule has 15 heavy (non-hydrogen) atoms. The number of carbonyl (C=O) groups is 1. The van der Waals surface area contributed by atoms with Crippen LogP contribution in [0, 0.1) is 0 Å². The van der Waals surface area contributed by atoms with E-state index < -0.39 is 0 Å². The van der Waals surface area contributed by atoms with E-state index >= 15 is 0 Å². The van der Waals surface area contributed by atoms with Gasteiger partial charge in [0.1, 0.15) is 5.75 Å². The Labute approximate surface area is 92.2 Å². The molecule has 1 saturated carbocycles. The molecule has 5 heteroatoms. The summed E-state index contributed by atoms with van der Waals surface area (Å²) in [6.07, 6.45) is 2.08. The zero-order valence-electron chi connectivity index (χ0n) is 7.96. The van der Waals surface area contributed by atoms with E-state index in [2.05, 4.69) is 10.6 Å². The van der Waals surface area contributed by atoms with Crippen molar-refractivity contribution in [3.8, 4) is 5.75 Å². The number of hydrogen-bond acceptors (Lipinski definition) is 2. The highest BCUT2D eigenvalue weighted by molar-refractivity contribution is 6.33. The van der Waals surface area contributed by atoms with Crippen LogP contribution < -0.4 is 10.6 Å². The number of urea groups is 1. The number of carbonyl (C=O) groups excluding carboxylic acids is 1. The van der Waals surface area contributed by atoms with Crippen LogP contribution in [0.2, 0.25) is 5.02 Å². The van der Waals surface area contributed by atoms with Crippen LogP contribution in [0.5, 0.6) is 5.75 Å². The van der Waals surface area contributed by atoms with Gasteiger partial charge in [0.05, 0.1) is 10.7 Å². The van der Waals surface area contributed by atoms with E-state index in [-0.39, 0.29) is 11.8 Å². The number of nitrogens with one attached hydrogen (secondary N) is 2. The number of amides is 2. The largest absolute Gasteiger partial charge is 0.508 e. The third-order valence-corrected chi connectivity index (χ3v) is 2.43. The van der Waals surface area contributed by atoms with Gasteiger partial charge in [-0.2, -0.15) is 0 Å². The second-order valence-electron chi connectivity index (χ2n) is 3.54. The summed E-state index contributed by atoms with van der Waals surface area (Å²) in [6, 6.07) is 4.46. The summed E-state index contributed by atoms with van der Waals surface area (Å²) < 4.78 is 0. The number of anilines is 1. The number of halogens is 1. The highest BCUT2D eigenvalue weighted by atomic mass is 35.5. The molecule has 1 aromatic carbocycles. The molecule has 0 aliphatic heterocycles. The third kappa shape index (κ3) is 2.76. The van der Waals surface area contributed by atoms with Crippen molar-refractivity contribution >= 4 is 23.3 Å². The molecule has 1 fully saturated rings. The summed E-state index contributed by atoms with van der Waals surface area (Å²) in [6.45, 7) is 0. The highest BCUT2D eigenvalue weighted by Crippen LogP contribution is 2.26. The Morgan fingerprint density at radius 1 is 1.47 bits per heavy atom. The SMILES string of the molecule is O=C(Nc1ccc(O)cc1Cl)NC1CC1. The molecule has 0 atom stereocenters. The topological polar surface area (TPSA) is 61.4 Å². The van der Waals surface area contributed by atoms with Crippen LogP contribution in [-0.4, -0.2) is 17.2 Å². The molecule has 1 aliphatic carbocycles. The van der Waals surface area contributed by atoms with Gasteiger partial charge in [0.15, 0.2) is 0 Å². The minimum Gasteiger partial charge on any atom is -0.508 e. The van der Waals surface area contributed by atoms with E-state index in [0.29, 0.717) is 16.8 Å². The maximum Gasteiger partial charge on any atom is 0.319 e. The van der Waals surface area contributed by atoms with Crippen molar-refractivity contribution < 1.29 is 9.90 Å². The minimum atomic E-state index is -0.259. The van der Waals surface area contributed by atoms with Gasteiger partial charge in [-0.1, -0.05) is 11.6 Å². The van der Waals surface area contributed by atoms with Gasteiger partial charge in [0.2, 0.25) is 0 Å². The highest BCUT2D eigenvalue weighted by Gasteiger charge is 2.23. The predicted octanol–water partition coefficient (Wildman–Crippen LogP) is 2.33. The number of phenolic OH excluding ortho intramolecular Hbond substituents is 1. The number of aromatic hydroxyl groups is 1. The zero-order valence-corrected chi connectivity index (χ0v) is 8.71. The molecule has 0 heterocycles. The molecule has 80 valence electrons. The van der Waals surface area contributed by atoms with Gasteiger partial charge in [0, 0.05) is 12.1 Å². The summed E-state index contributed by atoms with van der Waals surface area (Å²) in [4.78, 5) is 11.4. The Morgan fingerprint density at radius 2 is 2.20 bits per heavy atom. The Hall–Kier alpha value is -1.42. The third-order valence-electron chi connectivity index (χ3n) is 2.11. The zero-order chi connectivity index (χ0) is 10.8. The second kappa shape index (κ2) is 3.98. The molecule has 0 aromatic heterocycles. The van der Waals surface area contributed by atoms with Gasteiger partial charge < -0.3 is 15.7 Å². The summed E-state index contributed by atoms with van der Waals surface area (Å²) in [5.41, 5.74) is 0.493. The molecule has 1 aliphatic rings. The van der Waals surface area contributed by atoms with Crippen molar-refractivity contribution in [1.29, 1.82) is 0 Å². The molecule has 4 nitrogen and oxygen atoms in total. The van der Waals surface area contributed by atoms with Gasteiger partial charge in [0.25, 0.3) is 0 Å². The molecule has 0 spiro atoms. The van der Waals surface area contributed by atoms with Crippen LogP contribution >= 0.6 is 11.6 Å². The molecule has 2 amide bonds. The van der Waals surface area contributed by atoms with Crippen LogP contribution in [0.15, 0.2) is 18.2 Å². The van der Waals surface area contributed by atoms with Gasteiger partial charge in [-0.25, -0.2) is 4.79 Å². The summed E-state index contributed by atoms with van der Waals surface area (Å²) in [5.74, 6) is 0.0770. The maximum atomic E-state index is 11.4. The quantitative estimate of drug-likeness (QED) is 0.678. The molecule has 0 unspecified atom stereocenters. The van der Waals surface area contributed by atoms with Crippen molar-refractivity contribution in [2.75, 3.05) is 5.32 Å². The van der Waals surface area contributed by atoms with Gasteiger partial charge in [-0.15, -0.1) is 0 Å². The molecule has 2 rings (SSSR count). The number of benzene rings is 1. The summed E-state index contributed by atoms with van der Waals surface area (Å²) in [5, 5.41) is 14.8. The van der Waals surface area contributed by atoms with Crippen LogP contribution in [0.25, 0.3) is 0 Å². The first-order valence-corrected chi connectivity index (χ1v) is 5.09. The average Bonchev–Trinajstić information content (AvgIpc) is 2.94. The fourth-order valence-electron chi connectivity index (χ4n) is 1.18. The van der Waals surface area contributed by atoms with Crippen molar-refractivity contribution in [2.24, 2.45) is 0 Å². The fourth-order valence-corrected chi connectivity index (χ4v) is 1.40. The minimum absolute atomic E-state index is 0.0770. The summed E-state index contributed by atoms with van der Waals surface area (Å²) >= 11 is 5.82. The lowest BCUT2D eigenvalue weighted by atomic mass is 10.3. The standard InChI is InChI=1S/C10H11ClN2O2/c11-8-5-7(14)3-4-9(8)13-10(15)12-6-1-2-6/h3-6,14H,1-2H2,(H2,12,13,15). The lowest BCUT2D eigenvalue weighted by Gasteiger charge is -2.08. The van der Waals surface area contributed by atoms with Crippen LogP contribution in [0.3, 0.4) is 0 Å². The van der Waals surface area contributed by atoms with Crippen molar-refractivity contribution in [1.82, 2.24) is 5.32 Å². The van der Waals surface area contributed by atoms with Crippen LogP contribution in [0.1, 0.15) is 12.8 Å². The molecule has 0 saturated heterocycles. The Bertz CT molecular complexity index is 391. The predicted molar refractivity (Wildman–Crippen MR) is 58.3 cm³/mol. The van der Waals surface area contributed by atoms with E-state index in [4.69, 9.17) is 16.7 Å². The molecule has 1 aromatic rings. The van der Waals surface area contributed by atoms with E-state index in [9.17, 15) is 4.79 Å².